The second kappa shape index (κ2) is 8.93. The summed E-state index contributed by atoms with van der Waals surface area (Å²) in [4.78, 5) is 15.1. The lowest BCUT2D eigenvalue weighted by molar-refractivity contribution is -0.134. The first kappa shape index (κ1) is 19.9. The van der Waals surface area contributed by atoms with Crippen LogP contribution in [0, 0.1) is 13.8 Å². The molecule has 1 unspecified atom stereocenters. The number of benzene rings is 1. The lowest BCUT2D eigenvalue weighted by Gasteiger charge is -2.35. The molecule has 0 saturated carbocycles. The predicted molar refractivity (Wildman–Crippen MR) is 113 cm³/mol. The molecular formula is C23H30N4O2. The van der Waals surface area contributed by atoms with Crippen LogP contribution in [0.15, 0.2) is 42.0 Å². The Morgan fingerprint density at radius 2 is 2.00 bits per heavy atom. The number of aromatic nitrogens is 2. The fraction of sp³-hybridized carbons (Fsp3) is 0.478. The van der Waals surface area contributed by atoms with E-state index in [0.717, 1.165) is 49.4 Å². The molecule has 1 amide bonds. The largest absolute Gasteiger partial charge is 0.377 e. The summed E-state index contributed by atoms with van der Waals surface area (Å²) >= 11 is 0. The van der Waals surface area contributed by atoms with E-state index in [1.807, 2.05) is 40.8 Å². The molecule has 2 aliphatic rings. The van der Waals surface area contributed by atoms with E-state index in [-0.39, 0.29) is 11.9 Å². The molecule has 2 fully saturated rings. The van der Waals surface area contributed by atoms with Crippen molar-refractivity contribution < 1.29 is 9.53 Å². The van der Waals surface area contributed by atoms with Crippen LogP contribution >= 0.6 is 0 Å². The molecule has 2 aliphatic heterocycles. The average Bonchev–Trinajstić information content (AvgIpc) is 3.02. The number of amides is 1. The van der Waals surface area contributed by atoms with Crippen LogP contribution in [0.1, 0.15) is 41.4 Å². The Morgan fingerprint density at radius 1 is 1.24 bits per heavy atom. The lowest BCUT2D eigenvalue weighted by Crippen LogP contribution is -2.43. The summed E-state index contributed by atoms with van der Waals surface area (Å²) in [5, 5.41) is 8.13. The van der Waals surface area contributed by atoms with Crippen molar-refractivity contribution >= 4 is 5.91 Å². The maximum Gasteiger partial charge on any atom is 0.247 e. The number of rotatable bonds is 4. The van der Waals surface area contributed by atoms with Gasteiger partial charge in [0.05, 0.1) is 31.5 Å². The summed E-state index contributed by atoms with van der Waals surface area (Å²) < 4.78 is 7.83. The number of hydrogen-bond acceptors (Lipinski definition) is 4. The summed E-state index contributed by atoms with van der Waals surface area (Å²) in [6.45, 7) is 8.50. The Hall–Kier alpha value is -2.44. The van der Waals surface area contributed by atoms with Crippen LogP contribution in [0.5, 0.6) is 0 Å². The monoisotopic (exact) mass is 394 g/mol. The molecule has 6 nitrogen and oxygen atoms in total. The van der Waals surface area contributed by atoms with Crippen LogP contribution in [0.3, 0.4) is 0 Å². The zero-order valence-electron chi connectivity index (χ0n) is 17.4. The molecule has 0 aliphatic carbocycles. The van der Waals surface area contributed by atoms with Crippen molar-refractivity contribution in [2.45, 2.75) is 39.3 Å². The maximum atomic E-state index is 13.1. The summed E-state index contributed by atoms with van der Waals surface area (Å²) in [6.07, 6.45) is 3.76. The third kappa shape index (κ3) is 4.43. The number of ether oxygens (including phenoxy) is 1. The zero-order chi connectivity index (χ0) is 20.2. The number of piperidine rings is 1. The summed E-state index contributed by atoms with van der Waals surface area (Å²) in [5.41, 5.74) is 5.66. The van der Waals surface area contributed by atoms with Crippen LogP contribution in [0.2, 0.25) is 0 Å². The van der Waals surface area contributed by atoms with E-state index >= 15 is 0 Å². The molecule has 2 saturated heterocycles. The van der Waals surface area contributed by atoms with Gasteiger partial charge in [-0.2, -0.15) is 5.10 Å². The molecule has 29 heavy (non-hydrogen) atoms. The Bertz CT molecular complexity index is 880. The highest BCUT2D eigenvalue weighted by molar-refractivity contribution is 5.88. The molecule has 1 aromatic heterocycles. The van der Waals surface area contributed by atoms with Crippen molar-refractivity contribution in [1.29, 1.82) is 0 Å². The van der Waals surface area contributed by atoms with Gasteiger partial charge >= 0.3 is 0 Å². The quantitative estimate of drug-likeness (QED) is 0.810. The van der Waals surface area contributed by atoms with Gasteiger partial charge in [-0.05, 0) is 45.3 Å². The molecule has 154 valence electrons. The number of carbonyl (C=O) groups excluding carboxylic acids is 1. The highest BCUT2D eigenvalue weighted by Gasteiger charge is 2.32. The second-order valence-electron chi connectivity index (χ2n) is 7.90. The molecule has 0 spiro atoms. The van der Waals surface area contributed by atoms with Gasteiger partial charge in [0, 0.05) is 23.9 Å². The molecule has 1 atom stereocenters. The van der Waals surface area contributed by atoms with Crippen molar-refractivity contribution in [2.24, 2.45) is 0 Å². The molecule has 0 radical (unpaired) electrons. The standard InChI is InChI=1S/C23H30N4O2/c1-17-23(18(2)27(25-17)15-20-6-4-3-5-7-20)21-16-29-13-12-26(21)22(28)14-19-8-10-24-11-9-19/h3-7,14,21,24H,8-13,15-16H2,1-2H3. The van der Waals surface area contributed by atoms with Gasteiger partial charge in [-0.15, -0.1) is 0 Å². The SMILES string of the molecule is Cc1nn(Cc2ccccc2)c(C)c1C1COCCN1C(=O)C=C1CCNCC1. The molecule has 3 heterocycles. The Labute approximate surface area is 172 Å². The third-order valence-corrected chi connectivity index (χ3v) is 5.93. The number of nitrogens with zero attached hydrogens (tertiary/aromatic N) is 3. The van der Waals surface area contributed by atoms with Crippen molar-refractivity contribution in [3.8, 4) is 0 Å². The van der Waals surface area contributed by atoms with Gasteiger partial charge in [0.2, 0.25) is 5.91 Å². The van der Waals surface area contributed by atoms with Crippen LogP contribution < -0.4 is 5.32 Å². The second-order valence-corrected chi connectivity index (χ2v) is 7.90. The maximum absolute atomic E-state index is 13.1. The molecule has 2 aromatic rings. The van der Waals surface area contributed by atoms with Crippen LogP contribution in [0.25, 0.3) is 0 Å². The van der Waals surface area contributed by atoms with Gasteiger partial charge in [0.25, 0.3) is 0 Å². The molecule has 4 rings (SSSR count). The minimum atomic E-state index is -0.0839. The Kier molecular flexibility index (Phi) is 6.11. The van der Waals surface area contributed by atoms with Crippen molar-refractivity contribution in [3.05, 3.63) is 64.5 Å². The number of hydrogen-bond donors (Lipinski definition) is 1. The smallest absolute Gasteiger partial charge is 0.247 e. The van der Waals surface area contributed by atoms with E-state index in [9.17, 15) is 4.79 Å². The minimum absolute atomic E-state index is 0.0839. The molecular weight excluding hydrogens is 364 g/mol. The number of carbonyl (C=O) groups is 1. The fourth-order valence-corrected chi connectivity index (χ4v) is 4.36. The molecule has 1 N–H and O–H groups in total. The van der Waals surface area contributed by atoms with Crippen LogP contribution in [-0.4, -0.2) is 53.4 Å². The van der Waals surface area contributed by atoms with E-state index in [0.29, 0.717) is 19.8 Å². The van der Waals surface area contributed by atoms with Crippen LogP contribution in [-0.2, 0) is 16.1 Å². The molecule has 1 aromatic carbocycles. The first-order valence-corrected chi connectivity index (χ1v) is 10.5. The van der Waals surface area contributed by atoms with Gasteiger partial charge in [-0.3, -0.25) is 9.48 Å². The minimum Gasteiger partial charge on any atom is -0.377 e. The van der Waals surface area contributed by atoms with E-state index in [1.54, 1.807) is 0 Å². The summed E-state index contributed by atoms with van der Waals surface area (Å²) in [7, 11) is 0. The van der Waals surface area contributed by atoms with Crippen LogP contribution in [0.4, 0.5) is 0 Å². The first-order valence-electron chi connectivity index (χ1n) is 10.5. The average molecular weight is 395 g/mol. The van der Waals surface area contributed by atoms with Gasteiger partial charge in [-0.1, -0.05) is 35.9 Å². The number of aryl methyl sites for hydroxylation is 1. The normalized spacial score (nSPS) is 20.0. The summed E-state index contributed by atoms with van der Waals surface area (Å²) in [5.74, 6) is 0.102. The van der Waals surface area contributed by atoms with Gasteiger partial charge in [0.15, 0.2) is 0 Å². The topological polar surface area (TPSA) is 59.4 Å². The van der Waals surface area contributed by atoms with Crippen molar-refractivity contribution in [2.75, 3.05) is 32.8 Å². The molecule has 6 heteroatoms. The summed E-state index contributed by atoms with van der Waals surface area (Å²) in [6, 6.07) is 10.3. The lowest BCUT2D eigenvalue weighted by atomic mass is 10.0. The van der Waals surface area contributed by atoms with Gasteiger partial charge < -0.3 is 15.0 Å². The Balaban J connectivity index is 1.59. The third-order valence-electron chi connectivity index (χ3n) is 5.93. The fourth-order valence-electron chi connectivity index (χ4n) is 4.36. The molecule has 0 bridgehead atoms. The van der Waals surface area contributed by atoms with E-state index in [4.69, 9.17) is 9.84 Å². The first-order chi connectivity index (χ1) is 14.1. The van der Waals surface area contributed by atoms with Crippen molar-refractivity contribution in [3.63, 3.8) is 0 Å². The van der Waals surface area contributed by atoms with E-state index in [1.165, 1.54) is 11.1 Å². The highest BCUT2D eigenvalue weighted by Crippen LogP contribution is 2.30. The highest BCUT2D eigenvalue weighted by atomic mass is 16.5. The predicted octanol–water partition coefficient (Wildman–Crippen LogP) is 2.76. The Morgan fingerprint density at radius 3 is 2.76 bits per heavy atom. The van der Waals surface area contributed by atoms with Gasteiger partial charge in [0.1, 0.15) is 0 Å². The zero-order valence-corrected chi connectivity index (χ0v) is 17.4. The van der Waals surface area contributed by atoms with E-state index < -0.39 is 0 Å². The van der Waals surface area contributed by atoms with E-state index in [2.05, 4.69) is 24.4 Å². The number of morpholine rings is 1. The van der Waals surface area contributed by atoms with Crippen molar-refractivity contribution in [1.82, 2.24) is 20.0 Å². The number of nitrogens with one attached hydrogen (secondary N) is 1. The van der Waals surface area contributed by atoms with Gasteiger partial charge in [-0.25, -0.2) is 0 Å².